The molecule has 1 aromatic rings. The highest BCUT2D eigenvalue weighted by Gasteiger charge is 2.45. The Morgan fingerprint density at radius 2 is 2.17 bits per heavy atom. The molecule has 1 aliphatic heterocycles. The van der Waals surface area contributed by atoms with E-state index in [1.165, 1.54) is 7.11 Å². The van der Waals surface area contributed by atoms with Gasteiger partial charge in [0.2, 0.25) is 0 Å². The zero-order valence-electron chi connectivity index (χ0n) is 10.5. The lowest BCUT2D eigenvalue weighted by Crippen LogP contribution is -2.56. The summed E-state index contributed by atoms with van der Waals surface area (Å²) >= 11 is 3.27. The zero-order chi connectivity index (χ0) is 13.2. The van der Waals surface area contributed by atoms with E-state index in [1.54, 1.807) is 6.07 Å². The van der Waals surface area contributed by atoms with Gasteiger partial charge in [0.15, 0.2) is 10.2 Å². The number of hydrogen-bond donors (Lipinski definition) is 1. The summed E-state index contributed by atoms with van der Waals surface area (Å²) in [7, 11) is 1.40. The van der Waals surface area contributed by atoms with Gasteiger partial charge in [0.25, 0.3) is 0 Å². The fraction of sp³-hybridized carbons (Fsp3) is 0.583. The van der Waals surface area contributed by atoms with Gasteiger partial charge in [0.1, 0.15) is 5.76 Å². The smallest absolute Gasteiger partial charge is 0.333 e. The summed E-state index contributed by atoms with van der Waals surface area (Å²) in [4.78, 5) is 14.3. The van der Waals surface area contributed by atoms with Crippen LogP contribution in [-0.2, 0) is 15.1 Å². The van der Waals surface area contributed by atoms with Crippen molar-refractivity contribution in [3.63, 3.8) is 0 Å². The van der Waals surface area contributed by atoms with Crippen LogP contribution in [0.25, 0.3) is 0 Å². The standard InChI is InChI=1S/C12H17BrN2O3/c1-12(11(16)17-2,9-3-4-10(13)18-9)15-7-5-14-6-8-15/h3-4,14H,5-8H2,1-2H3. The molecule has 2 rings (SSSR count). The Morgan fingerprint density at radius 3 is 2.67 bits per heavy atom. The van der Waals surface area contributed by atoms with Gasteiger partial charge in [-0.15, -0.1) is 0 Å². The molecule has 0 saturated carbocycles. The molecule has 1 fully saturated rings. The number of methoxy groups -OCH3 is 1. The first-order valence-corrected chi connectivity index (χ1v) is 6.68. The normalized spacial score (nSPS) is 20.4. The van der Waals surface area contributed by atoms with E-state index in [2.05, 4.69) is 26.1 Å². The van der Waals surface area contributed by atoms with Crippen molar-refractivity contribution >= 4 is 21.9 Å². The Bertz CT molecular complexity index is 429. The number of ether oxygens (including phenoxy) is 1. The first-order chi connectivity index (χ1) is 8.59. The molecule has 0 amide bonds. The second-order valence-electron chi connectivity index (χ2n) is 4.40. The van der Waals surface area contributed by atoms with Gasteiger partial charge in [-0.2, -0.15) is 0 Å². The third kappa shape index (κ3) is 2.32. The molecule has 0 aromatic carbocycles. The highest BCUT2D eigenvalue weighted by Crippen LogP contribution is 2.32. The van der Waals surface area contributed by atoms with Crippen LogP contribution in [0.2, 0.25) is 0 Å². The summed E-state index contributed by atoms with van der Waals surface area (Å²) in [5, 5.41) is 3.27. The van der Waals surface area contributed by atoms with Gasteiger partial charge in [-0.3, -0.25) is 4.90 Å². The van der Waals surface area contributed by atoms with Gasteiger partial charge in [-0.05, 0) is 35.0 Å². The van der Waals surface area contributed by atoms with Gasteiger partial charge in [0.05, 0.1) is 7.11 Å². The maximum atomic E-state index is 12.2. The average Bonchev–Trinajstić information content (AvgIpc) is 2.85. The molecule has 0 aliphatic carbocycles. The van der Waals surface area contributed by atoms with Crippen molar-refractivity contribution in [2.24, 2.45) is 0 Å². The Morgan fingerprint density at radius 1 is 1.50 bits per heavy atom. The fourth-order valence-electron chi connectivity index (χ4n) is 2.27. The van der Waals surface area contributed by atoms with Gasteiger partial charge in [-0.1, -0.05) is 0 Å². The highest BCUT2D eigenvalue weighted by atomic mass is 79.9. The maximum Gasteiger partial charge on any atom is 0.333 e. The van der Waals surface area contributed by atoms with E-state index in [0.29, 0.717) is 10.4 Å². The molecular formula is C12H17BrN2O3. The monoisotopic (exact) mass is 316 g/mol. The van der Waals surface area contributed by atoms with Gasteiger partial charge in [0, 0.05) is 26.2 Å². The minimum absolute atomic E-state index is 0.300. The highest BCUT2D eigenvalue weighted by molar-refractivity contribution is 9.10. The molecule has 1 atom stereocenters. The van der Waals surface area contributed by atoms with Crippen molar-refractivity contribution < 1.29 is 13.9 Å². The van der Waals surface area contributed by atoms with Crippen molar-refractivity contribution in [2.75, 3.05) is 33.3 Å². The Kier molecular flexibility index (Phi) is 4.09. The van der Waals surface area contributed by atoms with Gasteiger partial charge >= 0.3 is 5.97 Å². The van der Waals surface area contributed by atoms with Crippen LogP contribution in [0.3, 0.4) is 0 Å². The number of rotatable bonds is 3. The number of esters is 1. The molecule has 1 N–H and O–H groups in total. The number of carbonyl (C=O) groups excluding carboxylic acids is 1. The lowest BCUT2D eigenvalue weighted by atomic mass is 9.95. The van der Waals surface area contributed by atoms with Gasteiger partial charge in [-0.25, -0.2) is 4.79 Å². The van der Waals surface area contributed by atoms with Crippen LogP contribution in [0.4, 0.5) is 0 Å². The second kappa shape index (κ2) is 5.42. The molecule has 0 bridgehead atoms. The molecule has 5 nitrogen and oxygen atoms in total. The maximum absolute atomic E-state index is 12.2. The molecule has 1 unspecified atom stereocenters. The van der Waals surface area contributed by atoms with Crippen molar-refractivity contribution in [1.82, 2.24) is 10.2 Å². The predicted molar refractivity (Wildman–Crippen MR) is 70.2 cm³/mol. The zero-order valence-corrected chi connectivity index (χ0v) is 12.1. The number of furan rings is 1. The second-order valence-corrected chi connectivity index (χ2v) is 5.19. The molecule has 1 saturated heterocycles. The predicted octanol–water partition coefficient (Wildman–Crippen LogP) is 1.34. The molecule has 18 heavy (non-hydrogen) atoms. The van der Waals surface area contributed by atoms with Gasteiger partial charge < -0.3 is 14.5 Å². The SMILES string of the molecule is COC(=O)C(C)(c1ccc(Br)o1)N1CCNCC1. The van der Waals surface area contributed by atoms with Crippen molar-refractivity contribution in [3.05, 3.63) is 22.6 Å². The lowest BCUT2D eigenvalue weighted by Gasteiger charge is -2.39. The molecule has 0 radical (unpaired) electrons. The van der Waals surface area contributed by atoms with Crippen LogP contribution < -0.4 is 5.32 Å². The molecule has 0 spiro atoms. The van der Waals surface area contributed by atoms with Crippen LogP contribution in [0, 0.1) is 0 Å². The Balaban J connectivity index is 2.36. The largest absolute Gasteiger partial charge is 0.467 e. The molecular weight excluding hydrogens is 300 g/mol. The van der Waals surface area contributed by atoms with Crippen LogP contribution in [0.1, 0.15) is 12.7 Å². The number of carbonyl (C=O) groups is 1. The number of hydrogen-bond acceptors (Lipinski definition) is 5. The molecule has 1 aliphatic rings. The summed E-state index contributed by atoms with van der Waals surface area (Å²) in [5.41, 5.74) is -0.872. The minimum atomic E-state index is -0.872. The molecule has 6 heteroatoms. The van der Waals surface area contributed by atoms with E-state index in [1.807, 2.05) is 13.0 Å². The Labute approximate surface area is 115 Å². The van der Waals surface area contributed by atoms with Crippen LogP contribution in [0.5, 0.6) is 0 Å². The summed E-state index contributed by atoms with van der Waals surface area (Å²) in [5.74, 6) is 0.300. The summed E-state index contributed by atoms with van der Waals surface area (Å²) in [6.07, 6.45) is 0. The lowest BCUT2D eigenvalue weighted by molar-refractivity contribution is -0.157. The topological polar surface area (TPSA) is 54.7 Å². The van der Waals surface area contributed by atoms with Crippen LogP contribution in [-0.4, -0.2) is 44.2 Å². The molecule has 100 valence electrons. The molecule has 2 heterocycles. The third-order valence-corrected chi connectivity index (χ3v) is 3.81. The fourth-order valence-corrected chi connectivity index (χ4v) is 2.58. The first kappa shape index (κ1) is 13.6. The number of halogens is 1. The van der Waals surface area contributed by atoms with E-state index >= 15 is 0 Å². The van der Waals surface area contributed by atoms with Crippen molar-refractivity contribution in [2.45, 2.75) is 12.5 Å². The molecule has 1 aromatic heterocycles. The van der Waals surface area contributed by atoms with Crippen LogP contribution >= 0.6 is 15.9 Å². The summed E-state index contributed by atoms with van der Waals surface area (Å²) in [6.45, 7) is 5.12. The van der Waals surface area contributed by atoms with E-state index in [0.717, 1.165) is 26.2 Å². The van der Waals surface area contributed by atoms with Crippen molar-refractivity contribution in [3.8, 4) is 0 Å². The quantitative estimate of drug-likeness (QED) is 0.853. The van der Waals surface area contributed by atoms with E-state index in [9.17, 15) is 4.79 Å². The van der Waals surface area contributed by atoms with E-state index in [-0.39, 0.29) is 5.97 Å². The minimum Gasteiger partial charge on any atom is -0.467 e. The van der Waals surface area contributed by atoms with E-state index in [4.69, 9.17) is 9.15 Å². The summed E-state index contributed by atoms with van der Waals surface area (Å²) in [6, 6.07) is 3.60. The van der Waals surface area contributed by atoms with Crippen molar-refractivity contribution in [1.29, 1.82) is 0 Å². The average molecular weight is 317 g/mol. The Hall–Kier alpha value is -0.850. The number of nitrogens with zero attached hydrogens (tertiary/aromatic N) is 1. The van der Waals surface area contributed by atoms with E-state index < -0.39 is 5.54 Å². The number of piperazine rings is 1. The number of nitrogens with one attached hydrogen (secondary N) is 1. The summed E-state index contributed by atoms with van der Waals surface area (Å²) < 4.78 is 11.1. The third-order valence-electron chi connectivity index (χ3n) is 3.39. The van der Waals surface area contributed by atoms with Crippen LogP contribution in [0.15, 0.2) is 21.2 Å². The first-order valence-electron chi connectivity index (χ1n) is 5.89.